The Bertz CT molecular complexity index is 959. The highest BCUT2D eigenvalue weighted by Crippen LogP contribution is 2.25. The molecule has 0 saturated carbocycles. The summed E-state index contributed by atoms with van der Waals surface area (Å²) in [5.74, 6) is 0.402. The van der Waals surface area contributed by atoms with Crippen molar-refractivity contribution in [1.29, 1.82) is 0 Å². The second-order valence-corrected chi connectivity index (χ2v) is 7.40. The monoisotopic (exact) mass is 388 g/mol. The van der Waals surface area contributed by atoms with E-state index in [1.54, 1.807) is 30.3 Å². The molecule has 0 bridgehead atoms. The number of hydrogen-bond acceptors (Lipinski definition) is 3. The molecule has 0 atom stereocenters. The number of carbonyl (C=O) groups excluding carboxylic acids is 2. The summed E-state index contributed by atoms with van der Waals surface area (Å²) in [6.07, 6.45) is 4.48. The molecular weight excluding hydrogens is 364 g/mol. The van der Waals surface area contributed by atoms with Gasteiger partial charge in [-0.05, 0) is 55.0 Å². The van der Waals surface area contributed by atoms with Gasteiger partial charge in [0.15, 0.2) is 5.76 Å². The maximum Gasteiger partial charge on any atom is 0.291 e. The molecular formula is C24H24N2O3. The van der Waals surface area contributed by atoms with Crippen molar-refractivity contribution < 1.29 is 14.0 Å². The maximum atomic E-state index is 13.1. The third-order valence-corrected chi connectivity index (χ3v) is 5.42. The van der Waals surface area contributed by atoms with Crippen molar-refractivity contribution in [3.63, 3.8) is 0 Å². The lowest BCUT2D eigenvalue weighted by Gasteiger charge is -2.32. The van der Waals surface area contributed by atoms with Gasteiger partial charge in [-0.25, -0.2) is 0 Å². The number of nitrogens with one attached hydrogen (secondary N) is 1. The molecule has 1 aromatic heterocycles. The SMILES string of the molecule is O=C(Nc1ccccc1C(=O)N1CCC(Cc2ccccc2)CC1)c1ccco1. The molecule has 0 radical (unpaired) electrons. The quantitative estimate of drug-likeness (QED) is 0.693. The smallest absolute Gasteiger partial charge is 0.291 e. The van der Waals surface area contributed by atoms with Crippen LogP contribution >= 0.6 is 0 Å². The summed E-state index contributed by atoms with van der Waals surface area (Å²) >= 11 is 0. The van der Waals surface area contributed by atoms with E-state index in [9.17, 15) is 9.59 Å². The van der Waals surface area contributed by atoms with E-state index in [1.165, 1.54) is 11.8 Å². The number of amides is 2. The molecule has 148 valence electrons. The van der Waals surface area contributed by atoms with Gasteiger partial charge < -0.3 is 14.6 Å². The van der Waals surface area contributed by atoms with Crippen LogP contribution in [0.1, 0.15) is 39.3 Å². The fraction of sp³-hybridized carbons (Fsp3) is 0.250. The number of piperidine rings is 1. The van der Waals surface area contributed by atoms with E-state index < -0.39 is 0 Å². The molecule has 4 rings (SSSR count). The van der Waals surface area contributed by atoms with Crippen LogP contribution in [-0.4, -0.2) is 29.8 Å². The molecule has 1 aliphatic rings. The van der Waals surface area contributed by atoms with E-state index in [1.807, 2.05) is 17.0 Å². The van der Waals surface area contributed by atoms with Crippen LogP contribution in [0.2, 0.25) is 0 Å². The number of anilines is 1. The van der Waals surface area contributed by atoms with Crippen LogP contribution in [0.15, 0.2) is 77.4 Å². The zero-order valence-corrected chi connectivity index (χ0v) is 16.2. The Hall–Kier alpha value is -3.34. The number of carbonyl (C=O) groups is 2. The highest BCUT2D eigenvalue weighted by atomic mass is 16.3. The molecule has 29 heavy (non-hydrogen) atoms. The van der Waals surface area contributed by atoms with Gasteiger partial charge in [0.1, 0.15) is 0 Å². The molecule has 2 aromatic carbocycles. The normalized spacial score (nSPS) is 14.6. The summed E-state index contributed by atoms with van der Waals surface area (Å²) in [5.41, 5.74) is 2.36. The minimum atomic E-state index is -0.364. The average Bonchev–Trinajstić information content (AvgIpc) is 3.30. The lowest BCUT2D eigenvalue weighted by Crippen LogP contribution is -2.39. The maximum absolute atomic E-state index is 13.1. The van der Waals surface area contributed by atoms with Crippen molar-refractivity contribution in [2.45, 2.75) is 19.3 Å². The number of para-hydroxylation sites is 1. The number of furan rings is 1. The summed E-state index contributed by atoms with van der Waals surface area (Å²) < 4.78 is 5.14. The van der Waals surface area contributed by atoms with E-state index in [2.05, 4.69) is 29.6 Å². The summed E-state index contributed by atoms with van der Waals surface area (Å²) in [6, 6.07) is 20.9. The molecule has 0 aliphatic carbocycles. The summed E-state index contributed by atoms with van der Waals surface area (Å²) in [5, 5.41) is 2.79. The lowest BCUT2D eigenvalue weighted by molar-refractivity contribution is 0.0691. The fourth-order valence-electron chi connectivity index (χ4n) is 3.83. The minimum Gasteiger partial charge on any atom is -0.459 e. The Morgan fingerprint density at radius 2 is 1.66 bits per heavy atom. The fourth-order valence-corrected chi connectivity index (χ4v) is 3.83. The molecule has 1 N–H and O–H groups in total. The van der Waals surface area contributed by atoms with Crippen LogP contribution < -0.4 is 5.32 Å². The Labute approximate surface area is 170 Å². The number of hydrogen-bond donors (Lipinski definition) is 1. The van der Waals surface area contributed by atoms with Crippen molar-refractivity contribution >= 4 is 17.5 Å². The number of likely N-dealkylation sites (tertiary alicyclic amines) is 1. The molecule has 3 aromatic rings. The summed E-state index contributed by atoms with van der Waals surface area (Å²) in [7, 11) is 0. The molecule has 0 spiro atoms. The Morgan fingerprint density at radius 3 is 2.38 bits per heavy atom. The molecule has 0 unspecified atom stereocenters. The highest BCUT2D eigenvalue weighted by Gasteiger charge is 2.25. The lowest BCUT2D eigenvalue weighted by atomic mass is 9.90. The van der Waals surface area contributed by atoms with Gasteiger partial charge in [-0.2, -0.15) is 0 Å². The average molecular weight is 388 g/mol. The van der Waals surface area contributed by atoms with E-state index in [-0.39, 0.29) is 17.6 Å². The number of benzene rings is 2. The predicted molar refractivity (Wildman–Crippen MR) is 112 cm³/mol. The van der Waals surface area contributed by atoms with Gasteiger partial charge >= 0.3 is 0 Å². The Kier molecular flexibility index (Phi) is 5.75. The van der Waals surface area contributed by atoms with Crippen molar-refractivity contribution in [3.05, 3.63) is 89.9 Å². The zero-order chi connectivity index (χ0) is 20.1. The number of rotatable bonds is 5. The van der Waals surface area contributed by atoms with Crippen molar-refractivity contribution in [3.8, 4) is 0 Å². The molecule has 5 heteroatoms. The second-order valence-electron chi connectivity index (χ2n) is 7.40. The predicted octanol–water partition coefficient (Wildman–Crippen LogP) is 4.63. The standard InChI is InChI=1S/C24H24N2O3/c27-23(22-11-6-16-29-22)25-21-10-5-4-9-20(21)24(28)26-14-12-19(13-15-26)17-18-7-2-1-3-8-18/h1-11,16,19H,12-15,17H2,(H,25,27). The molecule has 1 aliphatic heterocycles. The molecule has 2 amide bonds. The van der Waals surface area contributed by atoms with Gasteiger partial charge in [-0.3, -0.25) is 9.59 Å². The van der Waals surface area contributed by atoms with Crippen molar-refractivity contribution in [1.82, 2.24) is 4.90 Å². The first kappa shape index (κ1) is 19.0. The highest BCUT2D eigenvalue weighted by molar-refractivity contribution is 6.07. The van der Waals surface area contributed by atoms with Gasteiger partial charge in [-0.15, -0.1) is 0 Å². The third-order valence-electron chi connectivity index (χ3n) is 5.42. The zero-order valence-electron chi connectivity index (χ0n) is 16.2. The Morgan fingerprint density at radius 1 is 0.931 bits per heavy atom. The minimum absolute atomic E-state index is 0.0430. The van der Waals surface area contributed by atoms with Gasteiger partial charge in [0, 0.05) is 13.1 Å². The van der Waals surface area contributed by atoms with Crippen LogP contribution in [0.25, 0.3) is 0 Å². The second kappa shape index (κ2) is 8.78. The van der Waals surface area contributed by atoms with Crippen molar-refractivity contribution in [2.75, 3.05) is 18.4 Å². The first-order valence-corrected chi connectivity index (χ1v) is 9.98. The van der Waals surface area contributed by atoms with Gasteiger partial charge in [0.25, 0.3) is 11.8 Å². The van der Waals surface area contributed by atoms with Gasteiger partial charge in [-0.1, -0.05) is 42.5 Å². The number of nitrogens with zero attached hydrogens (tertiary/aromatic N) is 1. The van der Waals surface area contributed by atoms with Gasteiger partial charge in [0.2, 0.25) is 0 Å². The van der Waals surface area contributed by atoms with Gasteiger partial charge in [0.05, 0.1) is 17.5 Å². The van der Waals surface area contributed by atoms with Crippen LogP contribution in [0.4, 0.5) is 5.69 Å². The van der Waals surface area contributed by atoms with Crippen LogP contribution in [0.3, 0.4) is 0 Å². The summed E-state index contributed by atoms with van der Waals surface area (Å²) in [4.78, 5) is 27.3. The van der Waals surface area contributed by atoms with E-state index >= 15 is 0 Å². The van der Waals surface area contributed by atoms with Crippen LogP contribution in [-0.2, 0) is 6.42 Å². The van der Waals surface area contributed by atoms with E-state index in [4.69, 9.17) is 4.42 Å². The van der Waals surface area contributed by atoms with E-state index in [0.29, 0.717) is 17.2 Å². The van der Waals surface area contributed by atoms with E-state index in [0.717, 1.165) is 32.4 Å². The van der Waals surface area contributed by atoms with Crippen LogP contribution in [0, 0.1) is 5.92 Å². The Balaban J connectivity index is 1.39. The summed E-state index contributed by atoms with van der Waals surface area (Å²) in [6.45, 7) is 1.47. The first-order valence-electron chi connectivity index (χ1n) is 9.98. The molecule has 5 nitrogen and oxygen atoms in total. The van der Waals surface area contributed by atoms with Crippen molar-refractivity contribution in [2.24, 2.45) is 5.92 Å². The van der Waals surface area contributed by atoms with Crippen LogP contribution in [0.5, 0.6) is 0 Å². The molecule has 1 saturated heterocycles. The first-order chi connectivity index (χ1) is 14.2. The third kappa shape index (κ3) is 4.57. The molecule has 2 heterocycles. The topological polar surface area (TPSA) is 62.6 Å². The largest absolute Gasteiger partial charge is 0.459 e. The molecule has 1 fully saturated rings.